The van der Waals surface area contributed by atoms with Crippen molar-refractivity contribution in [3.05, 3.63) is 16.6 Å². The summed E-state index contributed by atoms with van der Waals surface area (Å²) in [4.78, 5) is 5.08. The van der Waals surface area contributed by atoms with E-state index < -0.39 is 8.32 Å². The molecule has 0 unspecified atom stereocenters. The van der Waals surface area contributed by atoms with Crippen molar-refractivity contribution in [3.63, 3.8) is 0 Å². The summed E-state index contributed by atoms with van der Waals surface area (Å²) in [6.45, 7) is 12.0. The third kappa shape index (κ3) is 5.50. The second-order valence-electron chi connectivity index (χ2n) is 4.97. The van der Waals surface area contributed by atoms with Crippen molar-refractivity contribution in [1.82, 2.24) is 4.98 Å². The Morgan fingerprint density at radius 3 is 2.38 bits per heavy atom. The van der Waals surface area contributed by atoms with Crippen molar-refractivity contribution in [2.45, 2.75) is 45.5 Å². The molecule has 1 aromatic rings. The number of aromatic nitrogens is 1. The van der Waals surface area contributed by atoms with Crippen LogP contribution in [-0.4, -0.2) is 13.3 Å². The molecule has 0 atom stereocenters. The second kappa shape index (κ2) is 7.37. The molecule has 2 nitrogen and oxygen atoms in total. The van der Waals surface area contributed by atoms with E-state index in [4.69, 9.17) is 4.43 Å². The Kier molecular flexibility index (Phi) is 8.87. The first-order chi connectivity index (χ1) is 6.33. The molecule has 0 saturated heterocycles. The zero-order valence-corrected chi connectivity index (χ0v) is 17.0. The molecule has 0 aliphatic heterocycles. The van der Waals surface area contributed by atoms with E-state index in [0.29, 0.717) is 6.61 Å². The summed E-state index contributed by atoms with van der Waals surface area (Å²) in [5, 5.41) is 0.279. The minimum absolute atomic E-state index is 0. The fourth-order valence-corrected chi connectivity index (χ4v) is 2.24. The van der Waals surface area contributed by atoms with Gasteiger partial charge in [0, 0.05) is 6.61 Å². The van der Waals surface area contributed by atoms with E-state index in [1.165, 1.54) is 11.3 Å². The van der Waals surface area contributed by atoms with Crippen LogP contribution in [0.3, 0.4) is 0 Å². The van der Waals surface area contributed by atoms with Crippen LogP contribution in [0, 0.1) is 5.51 Å². The van der Waals surface area contributed by atoms with Gasteiger partial charge in [0.25, 0.3) is 0 Å². The Labute approximate surface area is 127 Å². The Morgan fingerprint density at radius 2 is 2.00 bits per heavy atom. The van der Waals surface area contributed by atoms with Crippen molar-refractivity contribution in [2.75, 3.05) is 0 Å². The van der Waals surface area contributed by atoms with Crippen LogP contribution < -0.4 is 17.0 Å². The van der Waals surface area contributed by atoms with Crippen molar-refractivity contribution in [2.24, 2.45) is 0 Å². The first-order valence-corrected chi connectivity index (χ1v) is 8.50. The van der Waals surface area contributed by atoms with Gasteiger partial charge in [-0.3, -0.25) is 11.3 Å². The zero-order chi connectivity index (χ0) is 10.8. The normalized spacial score (nSPS) is 11.6. The standard InChI is InChI=1S/C10H18NOSSi.BrH.Zn/c1-10(2,3)14(4,5)12-7-9-6-11-8-13-9;;/h6H,7H2,1-5H3;1H;/q-1;;+2/p-1. The first kappa shape index (κ1) is 19.3. The molecule has 0 spiro atoms. The smallest absolute Gasteiger partial charge is 1.00 e. The van der Waals surface area contributed by atoms with Gasteiger partial charge in [-0.2, -0.15) is 0 Å². The molecule has 0 bridgehead atoms. The number of hydrogen-bond donors (Lipinski definition) is 0. The molecule has 1 rings (SSSR count). The number of nitrogens with zero attached hydrogens (tertiary/aromatic N) is 1. The van der Waals surface area contributed by atoms with E-state index in [2.05, 4.69) is 44.4 Å². The van der Waals surface area contributed by atoms with Gasteiger partial charge in [-0.25, -0.2) is 0 Å². The van der Waals surface area contributed by atoms with E-state index in [9.17, 15) is 0 Å². The largest absolute Gasteiger partial charge is 2.00 e. The average Bonchev–Trinajstić information content (AvgIpc) is 2.50. The minimum atomic E-state index is -1.60. The van der Waals surface area contributed by atoms with E-state index in [-0.39, 0.29) is 41.5 Å². The van der Waals surface area contributed by atoms with Crippen LogP contribution >= 0.6 is 11.3 Å². The SMILES string of the molecule is CC(C)(C)[Si](C)(C)OCc1cn[c-]s1.[Br-].[Zn+2]. The van der Waals surface area contributed by atoms with Gasteiger partial charge >= 0.3 is 19.5 Å². The van der Waals surface area contributed by atoms with Crippen LogP contribution in [-0.2, 0) is 30.5 Å². The molecule has 0 amide bonds. The van der Waals surface area contributed by atoms with Crippen LogP contribution in [0.1, 0.15) is 25.6 Å². The number of rotatable bonds is 3. The Hall–Kier alpha value is 0.910. The molecule has 0 aliphatic rings. The molecule has 0 N–H and O–H groups in total. The quantitative estimate of drug-likeness (QED) is 0.567. The van der Waals surface area contributed by atoms with Crippen LogP contribution in [0.25, 0.3) is 0 Å². The zero-order valence-electron chi connectivity index (χ0n) is 10.6. The molecule has 6 heteroatoms. The Morgan fingerprint density at radius 1 is 1.44 bits per heavy atom. The monoisotopic (exact) mass is 371 g/mol. The summed E-state index contributed by atoms with van der Waals surface area (Å²) in [5.74, 6) is 0. The molecule has 0 fully saturated rings. The molecule has 88 valence electrons. The van der Waals surface area contributed by atoms with Gasteiger partial charge in [0.05, 0.1) is 0 Å². The van der Waals surface area contributed by atoms with Crippen molar-refractivity contribution in [3.8, 4) is 0 Å². The summed E-state index contributed by atoms with van der Waals surface area (Å²) in [5.41, 5.74) is 2.83. The molecule has 0 radical (unpaired) electrons. The molecule has 16 heavy (non-hydrogen) atoms. The molecular formula is C10H18BrNOSSiZn. The van der Waals surface area contributed by atoms with E-state index in [0.717, 1.165) is 4.88 Å². The van der Waals surface area contributed by atoms with Crippen molar-refractivity contribution < 1.29 is 40.9 Å². The van der Waals surface area contributed by atoms with E-state index in [1.54, 1.807) is 0 Å². The summed E-state index contributed by atoms with van der Waals surface area (Å²) in [6.07, 6.45) is 1.83. The third-order valence-electron chi connectivity index (χ3n) is 2.82. The summed E-state index contributed by atoms with van der Waals surface area (Å²) in [6, 6.07) is 0. The van der Waals surface area contributed by atoms with E-state index >= 15 is 0 Å². The molecule has 1 aromatic heterocycles. The predicted octanol–water partition coefficient (Wildman–Crippen LogP) is 0.467. The van der Waals surface area contributed by atoms with E-state index in [1.807, 2.05) is 6.20 Å². The molecule has 0 saturated carbocycles. The van der Waals surface area contributed by atoms with Crippen LogP contribution in [0.5, 0.6) is 0 Å². The van der Waals surface area contributed by atoms with Crippen molar-refractivity contribution >= 4 is 19.7 Å². The molecule has 0 aliphatic carbocycles. The van der Waals surface area contributed by atoms with Crippen LogP contribution in [0.2, 0.25) is 18.1 Å². The molecule has 1 heterocycles. The Balaban J connectivity index is 0. The van der Waals surface area contributed by atoms with Gasteiger partial charge in [0.1, 0.15) is 0 Å². The summed E-state index contributed by atoms with van der Waals surface area (Å²) < 4.78 is 6.03. The second-order valence-corrected chi connectivity index (χ2v) is 10.7. The third-order valence-corrected chi connectivity index (χ3v) is 7.98. The minimum Gasteiger partial charge on any atom is -1.00 e. The number of halogens is 1. The fraction of sp³-hybridized carbons (Fsp3) is 0.700. The maximum Gasteiger partial charge on any atom is 2.00 e. The van der Waals surface area contributed by atoms with Gasteiger partial charge in [-0.15, -0.1) is 11.1 Å². The maximum atomic E-state index is 6.03. The number of hydrogen-bond acceptors (Lipinski definition) is 3. The van der Waals surface area contributed by atoms with Gasteiger partial charge in [0.2, 0.25) is 0 Å². The van der Waals surface area contributed by atoms with Crippen LogP contribution in [0.4, 0.5) is 0 Å². The summed E-state index contributed by atoms with van der Waals surface area (Å²) >= 11 is 1.54. The van der Waals surface area contributed by atoms with Gasteiger partial charge in [0.15, 0.2) is 8.32 Å². The first-order valence-electron chi connectivity index (χ1n) is 4.78. The van der Waals surface area contributed by atoms with Crippen LogP contribution in [0.15, 0.2) is 6.20 Å². The number of thiazole rings is 1. The Bertz CT molecular complexity index is 288. The predicted molar refractivity (Wildman–Crippen MR) is 62.9 cm³/mol. The fourth-order valence-electron chi connectivity index (χ4n) is 0.744. The van der Waals surface area contributed by atoms with Crippen molar-refractivity contribution in [1.29, 1.82) is 0 Å². The van der Waals surface area contributed by atoms with Gasteiger partial charge < -0.3 is 26.4 Å². The maximum absolute atomic E-state index is 6.03. The van der Waals surface area contributed by atoms with Gasteiger partial charge in [-0.05, 0) is 23.6 Å². The molecular weight excluding hydrogens is 356 g/mol. The van der Waals surface area contributed by atoms with Gasteiger partial charge in [-0.1, -0.05) is 20.8 Å². The topological polar surface area (TPSA) is 22.1 Å². The molecule has 0 aromatic carbocycles. The summed E-state index contributed by atoms with van der Waals surface area (Å²) in [7, 11) is -1.60. The average molecular weight is 374 g/mol.